The SMILES string of the molecule is CC(N)P(=O)(O)O.O=[PH](O)O. The normalized spacial score (nSPS) is 13.7. The van der Waals surface area contributed by atoms with E-state index in [1.165, 1.54) is 6.92 Å². The van der Waals surface area contributed by atoms with Crippen LogP contribution in [0, 0.1) is 0 Å². The topological polar surface area (TPSA) is 141 Å². The van der Waals surface area contributed by atoms with Crippen molar-refractivity contribution >= 4 is 15.9 Å². The molecule has 9 heteroatoms. The number of nitrogens with two attached hydrogens (primary N) is 1. The lowest BCUT2D eigenvalue weighted by Gasteiger charge is -2.04. The lowest BCUT2D eigenvalue weighted by Crippen LogP contribution is -2.14. The van der Waals surface area contributed by atoms with E-state index in [2.05, 4.69) is 0 Å². The van der Waals surface area contributed by atoms with Crippen molar-refractivity contribution in [2.24, 2.45) is 5.73 Å². The van der Waals surface area contributed by atoms with Crippen molar-refractivity contribution in [1.29, 1.82) is 0 Å². The Bertz CT molecular complexity index is 158. The Morgan fingerprint density at radius 3 is 1.55 bits per heavy atom. The second-order valence-corrected chi connectivity index (χ2v) is 4.17. The van der Waals surface area contributed by atoms with Gasteiger partial charge in [0.1, 0.15) is 5.78 Å². The molecule has 7 nitrogen and oxygen atoms in total. The second kappa shape index (κ2) is 5.85. The Morgan fingerprint density at radius 1 is 1.45 bits per heavy atom. The third-order valence-corrected chi connectivity index (χ3v) is 1.59. The zero-order valence-corrected chi connectivity index (χ0v) is 7.60. The number of rotatable bonds is 1. The highest BCUT2D eigenvalue weighted by atomic mass is 31.2. The minimum Gasteiger partial charge on any atom is -0.326 e. The Balaban J connectivity index is 0. The molecule has 1 atom stereocenters. The smallest absolute Gasteiger partial charge is 0.326 e. The summed E-state index contributed by atoms with van der Waals surface area (Å²) in [7, 11) is -7.09. The predicted molar refractivity (Wildman–Crippen MR) is 39.1 cm³/mol. The molecule has 70 valence electrons. The van der Waals surface area contributed by atoms with Crippen molar-refractivity contribution in [3.05, 3.63) is 0 Å². The molecule has 11 heavy (non-hydrogen) atoms. The van der Waals surface area contributed by atoms with Gasteiger partial charge in [-0.15, -0.1) is 0 Å². The van der Waals surface area contributed by atoms with E-state index >= 15 is 0 Å². The fraction of sp³-hybridized carbons (Fsp3) is 1.00. The van der Waals surface area contributed by atoms with E-state index in [0.29, 0.717) is 0 Å². The molecule has 0 aromatic heterocycles. The van der Waals surface area contributed by atoms with Crippen LogP contribution in [0.1, 0.15) is 6.92 Å². The average Bonchev–Trinajstić information content (AvgIpc) is 1.59. The first-order chi connectivity index (χ1) is 4.68. The van der Waals surface area contributed by atoms with Gasteiger partial charge in [-0.3, -0.25) is 9.13 Å². The van der Waals surface area contributed by atoms with Gasteiger partial charge in [-0.2, -0.15) is 0 Å². The highest BCUT2D eigenvalue weighted by Gasteiger charge is 2.17. The van der Waals surface area contributed by atoms with Crippen LogP contribution in [-0.2, 0) is 9.13 Å². The van der Waals surface area contributed by atoms with Gasteiger partial charge in [0, 0.05) is 0 Å². The highest BCUT2D eigenvalue weighted by Crippen LogP contribution is 2.37. The fourth-order valence-electron chi connectivity index (χ4n) is 0. The number of hydrogen-bond donors (Lipinski definition) is 5. The van der Waals surface area contributed by atoms with Crippen LogP contribution < -0.4 is 5.73 Å². The van der Waals surface area contributed by atoms with Crippen LogP contribution in [0.25, 0.3) is 0 Å². The molecule has 0 aliphatic heterocycles. The van der Waals surface area contributed by atoms with Crippen LogP contribution in [0.2, 0.25) is 0 Å². The largest absolute Gasteiger partial charge is 0.341 e. The molecule has 0 aliphatic carbocycles. The van der Waals surface area contributed by atoms with Crippen molar-refractivity contribution in [3.8, 4) is 0 Å². The van der Waals surface area contributed by atoms with E-state index in [0.717, 1.165) is 0 Å². The molecule has 0 aromatic carbocycles. The predicted octanol–water partition coefficient (Wildman–Crippen LogP) is -1.17. The molecule has 0 amide bonds. The summed E-state index contributed by atoms with van der Waals surface area (Å²) in [5, 5.41) is 0. The van der Waals surface area contributed by atoms with E-state index < -0.39 is 21.6 Å². The van der Waals surface area contributed by atoms with E-state index in [9.17, 15) is 4.57 Å². The van der Waals surface area contributed by atoms with Crippen LogP contribution in [0.3, 0.4) is 0 Å². The van der Waals surface area contributed by atoms with Gasteiger partial charge in [0.25, 0.3) is 0 Å². The molecule has 0 aliphatic rings. The van der Waals surface area contributed by atoms with Gasteiger partial charge in [0.2, 0.25) is 0 Å². The molecule has 6 N–H and O–H groups in total. The van der Waals surface area contributed by atoms with E-state index in [1.807, 2.05) is 0 Å². The van der Waals surface area contributed by atoms with Crippen molar-refractivity contribution in [2.45, 2.75) is 12.7 Å². The van der Waals surface area contributed by atoms with Crippen LogP contribution in [0.15, 0.2) is 0 Å². The summed E-state index contributed by atoms with van der Waals surface area (Å²) in [6.07, 6.45) is 0. The summed E-state index contributed by atoms with van der Waals surface area (Å²) in [5.41, 5.74) is 4.81. The van der Waals surface area contributed by atoms with Crippen LogP contribution in [0.5, 0.6) is 0 Å². The monoisotopic (exact) mass is 207 g/mol. The summed E-state index contributed by atoms with van der Waals surface area (Å²) in [4.78, 5) is 30.5. The Kier molecular flexibility index (Phi) is 7.36. The summed E-state index contributed by atoms with van der Waals surface area (Å²) in [6.45, 7) is 1.26. The zero-order valence-electron chi connectivity index (χ0n) is 5.71. The molecule has 0 spiro atoms. The van der Waals surface area contributed by atoms with Gasteiger partial charge in [-0.1, -0.05) is 0 Å². The van der Waals surface area contributed by atoms with Crippen LogP contribution in [0.4, 0.5) is 0 Å². The molecule has 1 unspecified atom stereocenters. The summed E-state index contributed by atoms with van der Waals surface area (Å²) >= 11 is 0. The first-order valence-electron chi connectivity index (χ1n) is 2.40. The molecule has 0 aromatic rings. The maximum atomic E-state index is 9.90. The molecule has 0 fully saturated rings. The maximum Gasteiger partial charge on any atom is 0.341 e. The second-order valence-electron chi connectivity index (χ2n) is 1.61. The Morgan fingerprint density at radius 2 is 1.55 bits per heavy atom. The Labute approximate surface area is 64.0 Å². The third kappa shape index (κ3) is 17.9. The first-order valence-corrected chi connectivity index (χ1v) is 5.39. The fourth-order valence-corrected chi connectivity index (χ4v) is 0. The zero-order chi connectivity index (χ0) is 9.65. The Hall–Kier alpha value is 0.260. The molecular weight excluding hydrogens is 196 g/mol. The molecular formula is C2H11NO6P2. The third-order valence-electron chi connectivity index (χ3n) is 0.531. The lowest BCUT2D eigenvalue weighted by atomic mass is 10.8. The molecule has 0 saturated heterocycles. The van der Waals surface area contributed by atoms with Gasteiger partial charge < -0.3 is 25.3 Å². The molecule has 0 radical (unpaired) electrons. The average molecular weight is 207 g/mol. The number of hydrogen-bond acceptors (Lipinski definition) is 3. The lowest BCUT2D eigenvalue weighted by molar-refractivity contribution is 0.361. The van der Waals surface area contributed by atoms with Crippen molar-refractivity contribution in [1.82, 2.24) is 0 Å². The van der Waals surface area contributed by atoms with E-state index in [4.69, 9.17) is 29.9 Å². The van der Waals surface area contributed by atoms with Crippen molar-refractivity contribution in [2.75, 3.05) is 0 Å². The first kappa shape index (κ1) is 13.8. The minimum atomic E-state index is -3.96. The van der Waals surface area contributed by atoms with E-state index in [1.54, 1.807) is 0 Å². The maximum absolute atomic E-state index is 9.90. The van der Waals surface area contributed by atoms with Gasteiger partial charge in [0.15, 0.2) is 0 Å². The van der Waals surface area contributed by atoms with Gasteiger partial charge >= 0.3 is 15.9 Å². The quantitative estimate of drug-likeness (QED) is 0.341. The highest BCUT2D eigenvalue weighted by molar-refractivity contribution is 7.52. The van der Waals surface area contributed by atoms with Gasteiger partial charge in [-0.25, -0.2) is 0 Å². The molecule has 0 heterocycles. The summed E-state index contributed by atoms with van der Waals surface area (Å²) < 4.78 is 18.6. The summed E-state index contributed by atoms with van der Waals surface area (Å²) in [6, 6.07) is 0. The van der Waals surface area contributed by atoms with Crippen LogP contribution in [-0.4, -0.2) is 25.4 Å². The van der Waals surface area contributed by atoms with Crippen molar-refractivity contribution in [3.63, 3.8) is 0 Å². The standard InChI is InChI=1S/C2H8NO3P.H3O3P/c1-2(3)7(4,5)6;1-4(2)3/h2H,3H2,1H3,(H2,4,5,6);4H,(H2,1,2,3). The minimum absolute atomic E-state index is 1.03. The molecule has 0 bridgehead atoms. The molecule has 0 saturated carbocycles. The van der Waals surface area contributed by atoms with Crippen molar-refractivity contribution < 1.29 is 28.7 Å². The van der Waals surface area contributed by atoms with Gasteiger partial charge in [0.05, 0.1) is 0 Å². The van der Waals surface area contributed by atoms with E-state index in [-0.39, 0.29) is 0 Å². The van der Waals surface area contributed by atoms with Gasteiger partial charge in [-0.05, 0) is 6.92 Å². The van der Waals surface area contributed by atoms with Crippen LogP contribution >= 0.6 is 15.9 Å². The molecule has 0 rings (SSSR count). The summed E-state index contributed by atoms with van der Waals surface area (Å²) in [5.74, 6) is -1.03.